The zero-order valence-electron chi connectivity index (χ0n) is 20.3. The van der Waals surface area contributed by atoms with E-state index in [0.717, 1.165) is 0 Å². The molecule has 0 spiro atoms. The highest BCUT2D eigenvalue weighted by molar-refractivity contribution is 6.07. The van der Waals surface area contributed by atoms with Crippen molar-refractivity contribution >= 4 is 29.2 Å². The number of hydrogen-bond donors (Lipinski definition) is 2. The quantitative estimate of drug-likeness (QED) is 0.559. The summed E-state index contributed by atoms with van der Waals surface area (Å²) < 4.78 is 14.9. The van der Waals surface area contributed by atoms with Gasteiger partial charge in [-0.15, -0.1) is 0 Å². The highest BCUT2D eigenvalue weighted by Crippen LogP contribution is 2.44. The lowest BCUT2D eigenvalue weighted by atomic mass is 9.80. The molecule has 3 rings (SSSR count). The Hall–Kier alpha value is -4.62. The zero-order valence-corrected chi connectivity index (χ0v) is 20.3. The number of hydrogen-bond acceptors (Lipinski definition) is 9. The Morgan fingerprint density at radius 1 is 1.03 bits per heavy atom. The van der Waals surface area contributed by atoms with Gasteiger partial charge in [0, 0.05) is 12.8 Å². The molecule has 1 heterocycles. The average molecular weight is 491 g/mol. The van der Waals surface area contributed by atoms with Gasteiger partial charge in [-0.2, -0.15) is 5.26 Å². The van der Waals surface area contributed by atoms with Crippen molar-refractivity contribution in [3.05, 3.63) is 82.3 Å². The number of nitrogens with one attached hydrogen (secondary N) is 1. The minimum atomic E-state index is -0.973. The van der Waals surface area contributed by atoms with Gasteiger partial charge in [0.15, 0.2) is 0 Å². The molecule has 186 valence electrons. The number of nitrogens with zero attached hydrogens (tertiary/aromatic N) is 2. The minimum Gasteiger partial charge on any atom is -0.466 e. The van der Waals surface area contributed by atoms with Gasteiger partial charge in [0.25, 0.3) is 0 Å². The van der Waals surface area contributed by atoms with Gasteiger partial charge in [0.1, 0.15) is 18.1 Å². The molecule has 0 bridgehead atoms. The topological polar surface area (TPSA) is 144 Å². The predicted molar refractivity (Wildman–Crippen MR) is 131 cm³/mol. The van der Waals surface area contributed by atoms with Crippen LogP contribution in [0, 0.1) is 18.3 Å². The van der Waals surface area contributed by atoms with Gasteiger partial charge in [-0.25, -0.2) is 9.59 Å². The molecule has 0 saturated heterocycles. The maximum absolute atomic E-state index is 13.2. The third-order valence-electron chi connectivity index (χ3n) is 5.71. The summed E-state index contributed by atoms with van der Waals surface area (Å²) in [7, 11) is 3.76. The Kier molecular flexibility index (Phi) is 8.09. The lowest BCUT2D eigenvalue weighted by Crippen LogP contribution is -2.41. The van der Waals surface area contributed by atoms with Crippen LogP contribution in [0.1, 0.15) is 17.0 Å². The summed E-state index contributed by atoms with van der Waals surface area (Å²) in [6.45, 7) is 1.54. The highest BCUT2D eigenvalue weighted by Gasteiger charge is 2.43. The Morgan fingerprint density at radius 2 is 1.69 bits per heavy atom. The molecule has 0 fully saturated rings. The third kappa shape index (κ3) is 4.78. The van der Waals surface area contributed by atoms with E-state index in [-0.39, 0.29) is 35.2 Å². The predicted octanol–water partition coefficient (Wildman–Crippen LogP) is 2.48. The Morgan fingerprint density at radius 3 is 2.28 bits per heavy atom. The second-order valence-electron chi connectivity index (χ2n) is 7.77. The molecule has 1 aliphatic rings. The minimum absolute atomic E-state index is 0.0440. The number of ether oxygens (including phenoxy) is 3. The van der Waals surface area contributed by atoms with Gasteiger partial charge in [-0.05, 0) is 30.2 Å². The highest BCUT2D eigenvalue weighted by atomic mass is 16.5. The normalized spacial score (nSPS) is 15.3. The standard InChI is InChI=1S/C26H26N4O6/c1-15-18(29-20(31)14-34-2)11-8-12-19(15)30-23(26(33)36-4)22(25(32)35-3)21(17(13-27)24(30)28)16-9-6-5-7-10-16/h5-12,21H,14,28H2,1-4H3,(H,29,31). The van der Waals surface area contributed by atoms with E-state index in [0.29, 0.717) is 22.5 Å². The molecule has 0 saturated carbocycles. The maximum Gasteiger partial charge on any atom is 0.355 e. The van der Waals surface area contributed by atoms with Crippen LogP contribution in [0.4, 0.5) is 11.4 Å². The molecule has 10 nitrogen and oxygen atoms in total. The Bertz CT molecular complexity index is 1290. The first-order chi connectivity index (χ1) is 17.3. The number of nitriles is 1. The van der Waals surface area contributed by atoms with Gasteiger partial charge >= 0.3 is 11.9 Å². The van der Waals surface area contributed by atoms with Gasteiger partial charge in [0.2, 0.25) is 5.91 Å². The number of carbonyl (C=O) groups is 3. The number of anilines is 2. The molecule has 10 heteroatoms. The van der Waals surface area contributed by atoms with Gasteiger partial charge in [0.05, 0.1) is 43.0 Å². The molecule has 1 amide bonds. The number of nitrogens with two attached hydrogens (primary N) is 1. The Labute approximate surface area is 208 Å². The van der Waals surface area contributed by atoms with E-state index in [4.69, 9.17) is 19.9 Å². The molecular weight excluding hydrogens is 464 g/mol. The van der Waals surface area contributed by atoms with Gasteiger partial charge in [-0.3, -0.25) is 9.69 Å². The molecule has 1 atom stereocenters. The number of rotatable bonds is 7. The summed E-state index contributed by atoms with van der Waals surface area (Å²) in [5, 5.41) is 12.9. The molecule has 0 aliphatic carbocycles. The number of allylic oxidation sites excluding steroid dienone is 1. The first kappa shape index (κ1) is 26.0. The summed E-state index contributed by atoms with van der Waals surface area (Å²) >= 11 is 0. The van der Waals surface area contributed by atoms with Gasteiger partial charge < -0.3 is 25.3 Å². The van der Waals surface area contributed by atoms with Crippen LogP contribution in [-0.2, 0) is 28.6 Å². The fourth-order valence-electron chi connectivity index (χ4n) is 4.08. The second kappa shape index (κ2) is 11.2. The van der Waals surface area contributed by atoms with E-state index in [1.165, 1.54) is 26.2 Å². The lowest BCUT2D eigenvalue weighted by Gasteiger charge is -2.36. The smallest absolute Gasteiger partial charge is 0.355 e. The molecule has 1 unspecified atom stereocenters. The number of esters is 2. The summed E-state index contributed by atoms with van der Waals surface area (Å²) in [5.74, 6) is -3.11. The van der Waals surface area contributed by atoms with Crippen molar-refractivity contribution in [1.29, 1.82) is 5.26 Å². The second-order valence-corrected chi connectivity index (χ2v) is 7.77. The van der Waals surface area contributed by atoms with Crippen molar-refractivity contribution in [3.8, 4) is 6.07 Å². The van der Waals surface area contributed by atoms with Crippen molar-refractivity contribution in [2.45, 2.75) is 12.8 Å². The Balaban J connectivity index is 2.35. The van der Waals surface area contributed by atoms with Crippen LogP contribution in [0.5, 0.6) is 0 Å². The average Bonchev–Trinajstić information content (AvgIpc) is 2.89. The largest absolute Gasteiger partial charge is 0.466 e. The summed E-state index contributed by atoms with van der Waals surface area (Å²) in [6.07, 6.45) is 0. The van der Waals surface area contributed by atoms with Gasteiger partial charge in [-0.1, -0.05) is 36.4 Å². The fourth-order valence-corrected chi connectivity index (χ4v) is 4.08. The van der Waals surface area contributed by atoms with E-state index < -0.39 is 17.9 Å². The van der Waals surface area contributed by atoms with Crippen LogP contribution in [0.3, 0.4) is 0 Å². The molecule has 1 aliphatic heterocycles. The number of amides is 1. The SMILES string of the molecule is COCC(=O)Nc1cccc(N2C(N)=C(C#N)C(c3ccccc3)C(C(=O)OC)=C2C(=O)OC)c1C. The molecule has 0 radical (unpaired) electrons. The van der Waals surface area contributed by atoms with E-state index in [1.807, 2.05) is 0 Å². The molecule has 3 N–H and O–H groups in total. The van der Waals surface area contributed by atoms with E-state index >= 15 is 0 Å². The third-order valence-corrected chi connectivity index (χ3v) is 5.71. The summed E-state index contributed by atoms with van der Waals surface area (Å²) in [5.41, 5.74) is 8.14. The van der Waals surface area contributed by atoms with E-state index in [2.05, 4.69) is 11.4 Å². The van der Waals surface area contributed by atoms with E-state index in [1.54, 1.807) is 55.5 Å². The van der Waals surface area contributed by atoms with Crippen molar-refractivity contribution < 1.29 is 28.6 Å². The molecule has 0 aromatic heterocycles. The van der Waals surface area contributed by atoms with E-state index in [9.17, 15) is 19.6 Å². The number of benzene rings is 2. The summed E-state index contributed by atoms with van der Waals surface area (Å²) in [4.78, 5) is 39.8. The molecular formula is C26H26N4O6. The van der Waals surface area contributed by atoms with Crippen molar-refractivity contribution in [1.82, 2.24) is 0 Å². The monoisotopic (exact) mass is 490 g/mol. The van der Waals surface area contributed by atoms with Crippen LogP contribution in [-0.4, -0.2) is 45.8 Å². The van der Waals surface area contributed by atoms with Crippen LogP contribution < -0.4 is 16.0 Å². The van der Waals surface area contributed by atoms with Crippen molar-refractivity contribution in [3.63, 3.8) is 0 Å². The first-order valence-electron chi connectivity index (χ1n) is 10.8. The number of methoxy groups -OCH3 is 3. The lowest BCUT2D eigenvalue weighted by molar-refractivity contribution is -0.139. The van der Waals surface area contributed by atoms with Crippen LogP contribution in [0.15, 0.2) is 71.2 Å². The maximum atomic E-state index is 13.2. The summed E-state index contributed by atoms with van der Waals surface area (Å²) in [6, 6.07) is 15.8. The fraction of sp³-hybridized carbons (Fsp3) is 0.231. The molecule has 36 heavy (non-hydrogen) atoms. The van der Waals surface area contributed by atoms with Crippen LogP contribution in [0.25, 0.3) is 0 Å². The van der Waals surface area contributed by atoms with Crippen molar-refractivity contribution in [2.24, 2.45) is 5.73 Å². The molecule has 2 aromatic rings. The van der Waals surface area contributed by atoms with Crippen LogP contribution >= 0.6 is 0 Å². The first-order valence-corrected chi connectivity index (χ1v) is 10.8. The molecule has 2 aromatic carbocycles. The van der Waals surface area contributed by atoms with Crippen molar-refractivity contribution in [2.75, 3.05) is 38.2 Å². The number of carbonyl (C=O) groups excluding carboxylic acids is 3. The van der Waals surface area contributed by atoms with Crippen LogP contribution in [0.2, 0.25) is 0 Å². The zero-order chi connectivity index (χ0) is 26.4.